The molecule has 0 spiro atoms. The predicted molar refractivity (Wildman–Crippen MR) is 123 cm³/mol. The van der Waals surface area contributed by atoms with E-state index in [2.05, 4.69) is 20.4 Å². The fourth-order valence-electron chi connectivity index (χ4n) is 4.92. The van der Waals surface area contributed by atoms with Gasteiger partial charge < -0.3 is 14.9 Å². The third-order valence-corrected chi connectivity index (χ3v) is 6.56. The summed E-state index contributed by atoms with van der Waals surface area (Å²) in [6.45, 7) is 5.89. The van der Waals surface area contributed by atoms with Gasteiger partial charge in [0.2, 0.25) is 5.89 Å². The second-order valence-electron chi connectivity index (χ2n) is 10.2. The van der Waals surface area contributed by atoms with E-state index in [-0.39, 0.29) is 18.4 Å². The molecule has 2 aromatic heterocycles. The lowest BCUT2D eigenvalue weighted by atomic mass is 9.71. The predicted octanol–water partition coefficient (Wildman–Crippen LogP) is 4.98. The highest BCUT2D eigenvalue weighted by molar-refractivity contribution is 5.92. The number of pyridine rings is 1. The summed E-state index contributed by atoms with van der Waals surface area (Å²) in [5.74, 6) is -0.818. The first-order valence-corrected chi connectivity index (χ1v) is 12.0. The van der Waals surface area contributed by atoms with Crippen LogP contribution in [-0.2, 0) is 11.3 Å². The highest BCUT2D eigenvalue weighted by Gasteiger charge is 2.41. The van der Waals surface area contributed by atoms with E-state index in [0.717, 1.165) is 18.8 Å². The molecular formula is C25H36N4O4. The van der Waals surface area contributed by atoms with Crippen molar-refractivity contribution in [3.05, 3.63) is 41.8 Å². The van der Waals surface area contributed by atoms with Crippen LogP contribution in [0.25, 0.3) is 0 Å². The van der Waals surface area contributed by atoms with Crippen molar-refractivity contribution in [1.29, 1.82) is 0 Å². The molecule has 1 aliphatic carbocycles. The molecule has 2 aromatic rings. The Labute approximate surface area is 195 Å². The van der Waals surface area contributed by atoms with Gasteiger partial charge in [-0.1, -0.05) is 76.9 Å². The van der Waals surface area contributed by atoms with Crippen molar-refractivity contribution >= 4 is 11.9 Å². The first-order valence-electron chi connectivity index (χ1n) is 12.0. The quantitative estimate of drug-likeness (QED) is 0.518. The monoisotopic (exact) mass is 456 g/mol. The Morgan fingerprint density at radius 3 is 2.61 bits per heavy atom. The second-order valence-corrected chi connectivity index (χ2v) is 10.2. The zero-order valence-corrected chi connectivity index (χ0v) is 19.9. The highest BCUT2D eigenvalue weighted by atomic mass is 16.5. The number of carbonyl (C=O) groups excluding carboxylic acids is 1. The minimum absolute atomic E-state index is 0.0843. The topological polar surface area (TPSA) is 118 Å². The SMILES string of the molecule is CC(C)(C)C(C(=O)O)[C@@H](CCCC1CCCCC1)c1nc(CNC(=O)c2ccccn2)no1. The molecule has 2 atom stereocenters. The van der Waals surface area contributed by atoms with E-state index in [1.54, 1.807) is 24.4 Å². The lowest BCUT2D eigenvalue weighted by Gasteiger charge is -2.32. The van der Waals surface area contributed by atoms with Crippen molar-refractivity contribution in [2.45, 2.75) is 84.6 Å². The third kappa shape index (κ3) is 7.11. The van der Waals surface area contributed by atoms with E-state index < -0.39 is 17.3 Å². The summed E-state index contributed by atoms with van der Waals surface area (Å²) in [5, 5.41) is 16.8. The molecular weight excluding hydrogens is 420 g/mol. The van der Waals surface area contributed by atoms with Crippen LogP contribution in [0.3, 0.4) is 0 Å². The number of amides is 1. The molecule has 1 fully saturated rings. The van der Waals surface area contributed by atoms with Gasteiger partial charge in [0.05, 0.1) is 18.4 Å². The summed E-state index contributed by atoms with van der Waals surface area (Å²) < 4.78 is 5.54. The number of nitrogens with one attached hydrogen (secondary N) is 1. The Morgan fingerprint density at radius 2 is 1.97 bits per heavy atom. The lowest BCUT2D eigenvalue weighted by Crippen LogP contribution is -2.34. The average molecular weight is 457 g/mol. The number of nitrogens with zero attached hydrogens (tertiary/aromatic N) is 3. The second kappa shape index (κ2) is 11.4. The van der Waals surface area contributed by atoms with Crippen LogP contribution < -0.4 is 5.32 Å². The molecule has 2 N–H and O–H groups in total. The minimum atomic E-state index is -0.853. The van der Waals surface area contributed by atoms with Crippen LogP contribution in [-0.4, -0.2) is 32.1 Å². The van der Waals surface area contributed by atoms with Gasteiger partial charge in [-0.15, -0.1) is 0 Å². The Hall–Kier alpha value is -2.77. The Kier molecular flexibility index (Phi) is 8.58. The third-order valence-electron chi connectivity index (χ3n) is 6.56. The van der Waals surface area contributed by atoms with Crippen molar-refractivity contribution < 1.29 is 19.2 Å². The van der Waals surface area contributed by atoms with Crippen LogP contribution in [0.5, 0.6) is 0 Å². The number of carbonyl (C=O) groups is 2. The van der Waals surface area contributed by atoms with E-state index in [1.165, 1.54) is 32.1 Å². The van der Waals surface area contributed by atoms with E-state index >= 15 is 0 Å². The minimum Gasteiger partial charge on any atom is -0.481 e. The molecule has 8 nitrogen and oxygen atoms in total. The van der Waals surface area contributed by atoms with Crippen molar-refractivity contribution in [1.82, 2.24) is 20.4 Å². The van der Waals surface area contributed by atoms with Gasteiger partial charge >= 0.3 is 5.97 Å². The highest BCUT2D eigenvalue weighted by Crippen LogP contribution is 2.41. The molecule has 0 aromatic carbocycles. The van der Waals surface area contributed by atoms with Crippen molar-refractivity contribution in [3.8, 4) is 0 Å². The van der Waals surface area contributed by atoms with Crippen LogP contribution >= 0.6 is 0 Å². The fraction of sp³-hybridized carbons (Fsp3) is 0.640. The maximum atomic E-state index is 12.3. The van der Waals surface area contributed by atoms with Crippen molar-refractivity contribution in [2.24, 2.45) is 17.3 Å². The summed E-state index contributed by atoms with van der Waals surface area (Å²) >= 11 is 0. The maximum absolute atomic E-state index is 12.3. The molecule has 0 aliphatic heterocycles. The Morgan fingerprint density at radius 1 is 1.21 bits per heavy atom. The van der Waals surface area contributed by atoms with Gasteiger partial charge in [-0.2, -0.15) is 4.98 Å². The zero-order chi connectivity index (χ0) is 23.8. The fourth-order valence-corrected chi connectivity index (χ4v) is 4.92. The number of rotatable bonds is 10. The first kappa shape index (κ1) is 24.9. The smallest absolute Gasteiger partial charge is 0.307 e. The van der Waals surface area contributed by atoms with Gasteiger partial charge in [0.25, 0.3) is 5.91 Å². The van der Waals surface area contributed by atoms with E-state index in [0.29, 0.717) is 23.8 Å². The standard InChI is InChI=1S/C25H36N4O4/c1-25(2,3)21(24(31)32)18(13-9-12-17-10-5-4-6-11-17)23-28-20(29-33-23)16-27-22(30)19-14-7-8-15-26-19/h7-8,14-15,17-18,21H,4-6,9-13,16H2,1-3H3,(H,27,30)(H,31,32)/t18-,21?/m1/s1. The maximum Gasteiger partial charge on any atom is 0.307 e. The molecule has 180 valence electrons. The van der Waals surface area contributed by atoms with Crippen LogP contribution in [0.1, 0.15) is 100 Å². The van der Waals surface area contributed by atoms with Crippen LogP contribution in [0.2, 0.25) is 0 Å². The summed E-state index contributed by atoms with van der Waals surface area (Å²) in [5.41, 5.74) is -0.163. The molecule has 1 amide bonds. The number of hydrogen-bond acceptors (Lipinski definition) is 6. The molecule has 8 heteroatoms. The molecule has 2 heterocycles. The first-order chi connectivity index (χ1) is 15.8. The van der Waals surface area contributed by atoms with Crippen LogP contribution in [0.4, 0.5) is 0 Å². The largest absolute Gasteiger partial charge is 0.481 e. The van der Waals surface area contributed by atoms with Gasteiger partial charge in [-0.3, -0.25) is 14.6 Å². The number of aliphatic carboxylic acids is 1. The van der Waals surface area contributed by atoms with Crippen LogP contribution in [0.15, 0.2) is 28.9 Å². The molecule has 1 unspecified atom stereocenters. The number of hydrogen-bond donors (Lipinski definition) is 2. The molecule has 0 radical (unpaired) electrons. The molecule has 0 bridgehead atoms. The summed E-state index contributed by atoms with van der Waals surface area (Å²) in [4.78, 5) is 33.0. The number of aromatic nitrogens is 3. The van der Waals surface area contributed by atoms with Gasteiger partial charge in [-0.25, -0.2) is 0 Å². The number of carboxylic acids is 1. The molecule has 0 saturated heterocycles. The summed E-state index contributed by atoms with van der Waals surface area (Å²) in [6, 6.07) is 5.11. The summed E-state index contributed by atoms with van der Waals surface area (Å²) in [7, 11) is 0. The van der Waals surface area contributed by atoms with E-state index in [1.807, 2.05) is 20.8 Å². The van der Waals surface area contributed by atoms with Gasteiger partial charge in [-0.05, 0) is 29.9 Å². The zero-order valence-electron chi connectivity index (χ0n) is 19.9. The number of carboxylic acid groups (broad SMARTS) is 1. The van der Waals surface area contributed by atoms with Gasteiger partial charge in [0.15, 0.2) is 5.82 Å². The van der Waals surface area contributed by atoms with E-state index in [4.69, 9.17) is 4.52 Å². The molecule has 3 rings (SSSR count). The van der Waals surface area contributed by atoms with Crippen LogP contribution in [0, 0.1) is 17.3 Å². The van der Waals surface area contributed by atoms with Crippen molar-refractivity contribution in [3.63, 3.8) is 0 Å². The lowest BCUT2D eigenvalue weighted by molar-refractivity contribution is -0.147. The molecule has 33 heavy (non-hydrogen) atoms. The normalized spacial score (nSPS) is 16.8. The van der Waals surface area contributed by atoms with Gasteiger partial charge in [0.1, 0.15) is 5.69 Å². The molecule has 1 aliphatic rings. The Balaban J connectivity index is 1.69. The summed E-state index contributed by atoms with van der Waals surface area (Å²) in [6.07, 6.45) is 10.7. The average Bonchev–Trinajstić information content (AvgIpc) is 3.26. The van der Waals surface area contributed by atoms with E-state index in [9.17, 15) is 14.7 Å². The van der Waals surface area contributed by atoms with Gasteiger partial charge in [0, 0.05) is 6.20 Å². The Bertz CT molecular complexity index is 901. The van der Waals surface area contributed by atoms with Crippen molar-refractivity contribution in [2.75, 3.05) is 0 Å². The molecule has 1 saturated carbocycles.